The van der Waals surface area contributed by atoms with Crippen molar-refractivity contribution in [1.29, 1.82) is 0 Å². The van der Waals surface area contributed by atoms with Gasteiger partial charge in [0.2, 0.25) is 15.9 Å². The fraction of sp³-hybridized carbons (Fsp3) is 0.235. The van der Waals surface area contributed by atoms with E-state index in [0.29, 0.717) is 5.02 Å². The molecule has 0 heterocycles. The van der Waals surface area contributed by atoms with Crippen LogP contribution in [0.2, 0.25) is 5.02 Å². The lowest BCUT2D eigenvalue weighted by Crippen LogP contribution is -2.30. The summed E-state index contributed by atoms with van der Waals surface area (Å²) in [4.78, 5) is 11.6. The number of hydrogen-bond acceptors (Lipinski definition) is 4. The Hall–Kier alpha value is -2.30. The lowest BCUT2D eigenvalue weighted by molar-refractivity contribution is -0.274. The van der Waals surface area contributed by atoms with Crippen LogP contribution in [-0.4, -0.2) is 27.2 Å². The van der Waals surface area contributed by atoms with Crippen LogP contribution in [0.25, 0.3) is 0 Å². The van der Waals surface area contributed by atoms with Crippen LogP contribution < -0.4 is 14.8 Å². The predicted molar refractivity (Wildman–Crippen MR) is 96.2 cm³/mol. The quantitative estimate of drug-likeness (QED) is 0.665. The summed E-state index contributed by atoms with van der Waals surface area (Å²) < 4.78 is 66.4. The molecule has 0 aliphatic rings. The molecule has 2 N–H and O–H groups in total. The molecule has 0 saturated carbocycles. The second-order valence-electron chi connectivity index (χ2n) is 5.57. The molecular weight excluding hydrogens is 421 g/mol. The van der Waals surface area contributed by atoms with Crippen molar-refractivity contribution < 1.29 is 31.1 Å². The van der Waals surface area contributed by atoms with Crippen LogP contribution >= 0.6 is 11.6 Å². The third-order valence-corrected chi connectivity index (χ3v) is 5.10. The summed E-state index contributed by atoms with van der Waals surface area (Å²) in [5, 5.41) is 3.16. The molecule has 0 saturated heterocycles. The van der Waals surface area contributed by atoms with Gasteiger partial charge >= 0.3 is 6.36 Å². The van der Waals surface area contributed by atoms with Gasteiger partial charge in [0.1, 0.15) is 5.75 Å². The lowest BCUT2D eigenvalue weighted by atomic mass is 10.2. The third kappa shape index (κ3) is 7.37. The molecule has 0 unspecified atom stereocenters. The summed E-state index contributed by atoms with van der Waals surface area (Å²) in [5.41, 5.74) is 0.794. The molecule has 0 atom stereocenters. The minimum absolute atomic E-state index is 0.116. The van der Waals surface area contributed by atoms with E-state index >= 15 is 0 Å². The Labute approximate surface area is 164 Å². The van der Waals surface area contributed by atoms with Gasteiger partial charge in [0.15, 0.2) is 0 Å². The fourth-order valence-electron chi connectivity index (χ4n) is 2.14. The molecular formula is C17H16ClF3N2O4S. The van der Waals surface area contributed by atoms with Crippen molar-refractivity contribution in [3.8, 4) is 5.75 Å². The molecule has 0 aliphatic heterocycles. The first-order valence-corrected chi connectivity index (χ1v) is 9.78. The highest BCUT2D eigenvalue weighted by atomic mass is 35.5. The highest BCUT2D eigenvalue weighted by Gasteiger charge is 2.31. The van der Waals surface area contributed by atoms with Crippen LogP contribution in [0, 0.1) is 0 Å². The van der Waals surface area contributed by atoms with Gasteiger partial charge in [-0.2, -0.15) is 0 Å². The van der Waals surface area contributed by atoms with Gasteiger partial charge in [0.25, 0.3) is 0 Å². The molecule has 2 aromatic rings. The fourth-order valence-corrected chi connectivity index (χ4v) is 3.38. The van der Waals surface area contributed by atoms with E-state index in [1.54, 1.807) is 24.3 Å². The number of sulfonamides is 1. The molecule has 152 valence electrons. The standard InChI is InChI=1S/C17H16ClF3N2O4S/c18-13-3-1-2-12(10-13)11-22-16(24)8-9-23-28(25,26)15-6-4-14(5-7-15)27-17(19,20)21/h1-7,10,23H,8-9,11H2,(H,22,24). The molecule has 28 heavy (non-hydrogen) atoms. The summed E-state index contributed by atoms with van der Waals surface area (Å²) in [5.74, 6) is -0.913. The van der Waals surface area contributed by atoms with Gasteiger partial charge < -0.3 is 10.1 Å². The van der Waals surface area contributed by atoms with Gasteiger partial charge in [0, 0.05) is 24.5 Å². The second-order valence-corrected chi connectivity index (χ2v) is 7.78. The smallest absolute Gasteiger partial charge is 0.406 e. The first kappa shape index (κ1) is 22.0. The van der Waals surface area contributed by atoms with Crippen LogP contribution in [-0.2, 0) is 21.4 Å². The van der Waals surface area contributed by atoms with E-state index in [0.717, 1.165) is 29.8 Å². The highest BCUT2D eigenvalue weighted by Crippen LogP contribution is 2.23. The van der Waals surface area contributed by atoms with Gasteiger partial charge in [-0.1, -0.05) is 23.7 Å². The van der Waals surface area contributed by atoms with E-state index in [2.05, 4.69) is 14.8 Å². The molecule has 0 aromatic heterocycles. The van der Waals surface area contributed by atoms with E-state index in [9.17, 15) is 26.4 Å². The van der Waals surface area contributed by atoms with Gasteiger partial charge in [-0.05, 0) is 42.0 Å². The zero-order valence-electron chi connectivity index (χ0n) is 14.3. The Balaban J connectivity index is 1.81. The van der Waals surface area contributed by atoms with Crippen LogP contribution in [0.3, 0.4) is 0 Å². The van der Waals surface area contributed by atoms with Crippen LogP contribution in [0.4, 0.5) is 13.2 Å². The second kappa shape index (κ2) is 9.26. The zero-order chi connectivity index (χ0) is 20.8. The number of benzene rings is 2. The average molecular weight is 437 g/mol. The number of ether oxygens (including phenoxy) is 1. The van der Waals surface area contributed by atoms with Gasteiger partial charge in [-0.3, -0.25) is 4.79 Å². The minimum atomic E-state index is -4.86. The van der Waals surface area contributed by atoms with Crippen molar-refractivity contribution in [2.45, 2.75) is 24.2 Å². The Morgan fingerprint density at radius 1 is 1.11 bits per heavy atom. The third-order valence-electron chi connectivity index (χ3n) is 3.39. The molecule has 0 fully saturated rings. The van der Waals surface area contributed by atoms with Crippen molar-refractivity contribution in [3.05, 3.63) is 59.1 Å². The molecule has 2 aromatic carbocycles. The lowest BCUT2D eigenvalue weighted by Gasteiger charge is -2.10. The first-order chi connectivity index (χ1) is 13.0. The van der Waals surface area contributed by atoms with Gasteiger partial charge in [-0.25, -0.2) is 13.1 Å². The first-order valence-electron chi connectivity index (χ1n) is 7.92. The van der Waals surface area contributed by atoms with Gasteiger partial charge in [0.05, 0.1) is 4.90 Å². The van der Waals surface area contributed by atoms with E-state index in [-0.39, 0.29) is 30.3 Å². The van der Waals surface area contributed by atoms with Crippen molar-refractivity contribution in [2.24, 2.45) is 0 Å². The summed E-state index contributed by atoms with van der Waals surface area (Å²) in [6, 6.07) is 10.6. The Kier molecular flexibility index (Phi) is 7.28. The average Bonchev–Trinajstić information content (AvgIpc) is 2.59. The molecule has 0 radical (unpaired) electrons. The molecule has 0 spiro atoms. The molecule has 1 amide bonds. The zero-order valence-corrected chi connectivity index (χ0v) is 15.9. The van der Waals surface area contributed by atoms with E-state index in [1.165, 1.54) is 0 Å². The Bertz CT molecular complexity index is 919. The van der Waals surface area contributed by atoms with E-state index in [4.69, 9.17) is 11.6 Å². The van der Waals surface area contributed by atoms with Crippen molar-refractivity contribution in [1.82, 2.24) is 10.0 Å². The number of alkyl halides is 3. The predicted octanol–water partition coefficient (Wildman–Crippen LogP) is 3.22. The number of hydrogen-bond donors (Lipinski definition) is 2. The summed E-state index contributed by atoms with van der Waals surface area (Å²) in [7, 11) is -3.97. The summed E-state index contributed by atoms with van der Waals surface area (Å²) in [6.45, 7) is 0.0668. The van der Waals surface area contributed by atoms with Gasteiger partial charge in [-0.15, -0.1) is 13.2 Å². The SMILES string of the molecule is O=C(CCNS(=O)(=O)c1ccc(OC(F)(F)F)cc1)NCc1cccc(Cl)c1. The highest BCUT2D eigenvalue weighted by molar-refractivity contribution is 7.89. The van der Waals surface area contributed by atoms with Crippen LogP contribution in [0.15, 0.2) is 53.4 Å². The number of carbonyl (C=O) groups is 1. The number of nitrogens with one attached hydrogen (secondary N) is 2. The van der Waals surface area contributed by atoms with E-state index in [1.807, 2.05) is 0 Å². The molecule has 6 nitrogen and oxygen atoms in total. The monoisotopic (exact) mass is 436 g/mol. The summed E-state index contributed by atoms with van der Waals surface area (Å²) in [6.07, 6.45) is -4.98. The number of rotatable bonds is 8. The number of halogens is 4. The van der Waals surface area contributed by atoms with Crippen molar-refractivity contribution in [3.63, 3.8) is 0 Å². The Morgan fingerprint density at radius 3 is 2.39 bits per heavy atom. The number of carbonyl (C=O) groups excluding carboxylic acids is 1. The normalized spacial score (nSPS) is 11.9. The van der Waals surface area contributed by atoms with E-state index < -0.39 is 22.1 Å². The van der Waals surface area contributed by atoms with Crippen molar-refractivity contribution in [2.75, 3.05) is 6.54 Å². The number of amides is 1. The molecule has 11 heteroatoms. The van der Waals surface area contributed by atoms with Crippen LogP contribution in [0.1, 0.15) is 12.0 Å². The molecule has 0 bridgehead atoms. The maximum Gasteiger partial charge on any atom is 0.573 e. The molecule has 0 aliphatic carbocycles. The maximum atomic E-state index is 12.1. The molecule has 2 rings (SSSR count). The largest absolute Gasteiger partial charge is 0.573 e. The maximum absolute atomic E-state index is 12.1. The topological polar surface area (TPSA) is 84.5 Å². The van der Waals surface area contributed by atoms with Crippen molar-refractivity contribution >= 4 is 27.5 Å². The van der Waals surface area contributed by atoms with Crippen LogP contribution in [0.5, 0.6) is 5.75 Å². The minimum Gasteiger partial charge on any atom is -0.406 e. The summed E-state index contributed by atoms with van der Waals surface area (Å²) >= 11 is 5.84. The Morgan fingerprint density at radius 2 is 1.79 bits per heavy atom.